The third kappa shape index (κ3) is 4.17. The Morgan fingerprint density at radius 2 is 2.19 bits per heavy atom. The molecule has 0 atom stereocenters. The fourth-order valence-electron chi connectivity index (χ4n) is 2.43. The van der Waals surface area contributed by atoms with Gasteiger partial charge in [-0.2, -0.15) is 0 Å². The molecule has 21 heavy (non-hydrogen) atoms. The van der Waals surface area contributed by atoms with Gasteiger partial charge in [-0.15, -0.1) is 11.3 Å². The van der Waals surface area contributed by atoms with Gasteiger partial charge < -0.3 is 15.0 Å². The van der Waals surface area contributed by atoms with Crippen molar-refractivity contribution >= 4 is 28.3 Å². The van der Waals surface area contributed by atoms with Crippen molar-refractivity contribution in [2.24, 2.45) is 5.92 Å². The summed E-state index contributed by atoms with van der Waals surface area (Å²) in [6.45, 7) is 4.14. The molecular weight excluding hydrogens is 290 g/mol. The molecule has 1 saturated heterocycles. The second kappa shape index (κ2) is 7.40. The zero-order valence-corrected chi connectivity index (χ0v) is 13.2. The first-order valence-corrected chi connectivity index (χ1v) is 8.07. The molecule has 0 bridgehead atoms. The number of piperidine rings is 1. The Labute approximate surface area is 128 Å². The number of anilines is 1. The maximum Gasteiger partial charge on any atom is 0.305 e. The number of carbonyl (C=O) groups is 2. The monoisotopic (exact) mass is 311 g/mol. The van der Waals surface area contributed by atoms with E-state index in [2.05, 4.69) is 15.0 Å². The van der Waals surface area contributed by atoms with Crippen LogP contribution in [0.3, 0.4) is 0 Å². The second-order valence-electron chi connectivity index (χ2n) is 5.08. The average Bonchev–Trinajstić information content (AvgIpc) is 2.96. The number of hydrogen-bond acceptors (Lipinski definition) is 6. The van der Waals surface area contributed by atoms with Crippen LogP contribution in [0.5, 0.6) is 0 Å². The van der Waals surface area contributed by atoms with E-state index in [1.165, 1.54) is 18.4 Å². The van der Waals surface area contributed by atoms with Crippen LogP contribution in [0.25, 0.3) is 0 Å². The van der Waals surface area contributed by atoms with Gasteiger partial charge in [-0.25, -0.2) is 4.98 Å². The number of nitrogens with one attached hydrogen (secondary N) is 1. The van der Waals surface area contributed by atoms with Crippen molar-refractivity contribution in [2.45, 2.75) is 26.2 Å². The number of likely N-dealkylation sites (tertiary alicyclic amines) is 1. The van der Waals surface area contributed by atoms with Gasteiger partial charge in [0, 0.05) is 31.4 Å². The zero-order valence-electron chi connectivity index (χ0n) is 12.4. The molecule has 1 aliphatic rings. The lowest BCUT2D eigenvalue weighted by atomic mass is 9.93. The van der Waals surface area contributed by atoms with E-state index in [4.69, 9.17) is 0 Å². The van der Waals surface area contributed by atoms with Gasteiger partial charge in [-0.3, -0.25) is 9.59 Å². The summed E-state index contributed by atoms with van der Waals surface area (Å²) in [6.07, 6.45) is 2.12. The van der Waals surface area contributed by atoms with E-state index >= 15 is 0 Å². The fraction of sp³-hybridized carbons (Fsp3) is 0.643. The van der Waals surface area contributed by atoms with Crippen LogP contribution in [-0.4, -0.2) is 48.5 Å². The molecule has 0 unspecified atom stereocenters. The maximum atomic E-state index is 12.4. The molecule has 1 N–H and O–H groups in total. The van der Waals surface area contributed by atoms with Crippen LogP contribution in [-0.2, 0) is 9.53 Å². The number of ether oxygens (including phenoxy) is 1. The minimum absolute atomic E-state index is 0.0214. The molecular formula is C14H21N3O3S. The Morgan fingerprint density at radius 1 is 1.48 bits per heavy atom. The summed E-state index contributed by atoms with van der Waals surface area (Å²) in [6, 6.07) is 0. The summed E-state index contributed by atoms with van der Waals surface area (Å²) in [5.74, 6) is 0.121. The lowest BCUT2D eigenvalue weighted by Crippen LogP contribution is -2.39. The normalized spacial score (nSPS) is 15.8. The van der Waals surface area contributed by atoms with Crippen LogP contribution < -0.4 is 5.32 Å². The molecule has 6 nitrogen and oxygen atoms in total. The molecule has 0 radical (unpaired) electrons. The number of esters is 1. The number of nitrogens with zero attached hydrogens (tertiary/aromatic N) is 2. The van der Waals surface area contributed by atoms with Gasteiger partial charge in [0.05, 0.1) is 7.11 Å². The van der Waals surface area contributed by atoms with Crippen molar-refractivity contribution in [2.75, 3.05) is 32.1 Å². The molecule has 2 rings (SSSR count). The van der Waals surface area contributed by atoms with E-state index in [0.717, 1.165) is 24.5 Å². The van der Waals surface area contributed by atoms with E-state index < -0.39 is 0 Å². The van der Waals surface area contributed by atoms with Crippen LogP contribution >= 0.6 is 11.3 Å². The van der Waals surface area contributed by atoms with E-state index in [1.54, 1.807) is 5.38 Å². The standard InChI is InChI=1S/C14H21N3O3S/c1-3-15-14-16-11(9-21-14)13(19)17-6-4-10(5-7-17)8-12(18)20-2/h9-10H,3-8H2,1-2H3,(H,15,16). The molecule has 116 valence electrons. The third-order valence-corrected chi connectivity index (χ3v) is 4.44. The largest absolute Gasteiger partial charge is 0.469 e. The summed E-state index contributed by atoms with van der Waals surface area (Å²) in [5.41, 5.74) is 0.502. The summed E-state index contributed by atoms with van der Waals surface area (Å²) in [5, 5.41) is 5.68. The van der Waals surface area contributed by atoms with Gasteiger partial charge in [0.2, 0.25) is 0 Å². The summed E-state index contributed by atoms with van der Waals surface area (Å²) >= 11 is 1.45. The van der Waals surface area contributed by atoms with E-state index in [9.17, 15) is 9.59 Å². The zero-order chi connectivity index (χ0) is 15.2. The quantitative estimate of drug-likeness (QED) is 0.842. The molecule has 0 aromatic carbocycles. The second-order valence-corrected chi connectivity index (χ2v) is 5.94. The van der Waals surface area contributed by atoms with Gasteiger partial charge >= 0.3 is 5.97 Å². The van der Waals surface area contributed by atoms with Crippen LogP contribution in [0.1, 0.15) is 36.7 Å². The number of rotatable bonds is 5. The molecule has 0 aliphatic carbocycles. The highest BCUT2D eigenvalue weighted by Crippen LogP contribution is 2.23. The molecule has 1 aromatic heterocycles. The minimum atomic E-state index is -0.172. The molecule has 2 heterocycles. The first-order chi connectivity index (χ1) is 10.1. The molecule has 1 aromatic rings. The van der Waals surface area contributed by atoms with E-state index in [0.29, 0.717) is 31.1 Å². The van der Waals surface area contributed by atoms with Crippen molar-refractivity contribution in [1.82, 2.24) is 9.88 Å². The highest BCUT2D eigenvalue weighted by atomic mass is 32.1. The molecule has 1 amide bonds. The Morgan fingerprint density at radius 3 is 2.81 bits per heavy atom. The first kappa shape index (κ1) is 15.8. The maximum absolute atomic E-state index is 12.4. The molecule has 1 fully saturated rings. The lowest BCUT2D eigenvalue weighted by molar-refractivity contribution is -0.142. The summed E-state index contributed by atoms with van der Waals surface area (Å²) < 4.78 is 4.69. The predicted octanol–water partition coefficient (Wildman–Crippen LogP) is 1.99. The highest BCUT2D eigenvalue weighted by Gasteiger charge is 2.26. The number of hydrogen-bond donors (Lipinski definition) is 1. The first-order valence-electron chi connectivity index (χ1n) is 7.19. The Hall–Kier alpha value is -1.63. The summed E-state index contributed by atoms with van der Waals surface area (Å²) in [4.78, 5) is 29.7. The highest BCUT2D eigenvalue weighted by molar-refractivity contribution is 7.13. The van der Waals surface area contributed by atoms with Crippen molar-refractivity contribution in [3.8, 4) is 0 Å². The molecule has 1 aliphatic heterocycles. The Bertz CT molecular complexity index is 495. The number of methoxy groups -OCH3 is 1. The lowest BCUT2D eigenvalue weighted by Gasteiger charge is -2.31. The van der Waals surface area contributed by atoms with E-state index in [1.807, 2.05) is 11.8 Å². The molecule has 0 saturated carbocycles. The van der Waals surface area contributed by atoms with Crippen molar-refractivity contribution in [1.29, 1.82) is 0 Å². The number of aromatic nitrogens is 1. The number of amides is 1. The van der Waals surface area contributed by atoms with Gasteiger partial charge in [0.25, 0.3) is 5.91 Å². The summed E-state index contributed by atoms with van der Waals surface area (Å²) in [7, 11) is 1.41. The Balaban J connectivity index is 1.86. The van der Waals surface area contributed by atoms with Crippen LogP contribution in [0, 0.1) is 5.92 Å². The van der Waals surface area contributed by atoms with Gasteiger partial charge in [-0.05, 0) is 25.7 Å². The number of thiazole rings is 1. The number of carbonyl (C=O) groups excluding carboxylic acids is 2. The van der Waals surface area contributed by atoms with Gasteiger partial charge in [0.15, 0.2) is 5.13 Å². The Kier molecular flexibility index (Phi) is 5.55. The van der Waals surface area contributed by atoms with Crippen LogP contribution in [0.2, 0.25) is 0 Å². The van der Waals surface area contributed by atoms with Crippen LogP contribution in [0.15, 0.2) is 5.38 Å². The van der Waals surface area contributed by atoms with Gasteiger partial charge in [0.1, 0.15) is 5.69 Å². The molecule has 7 heteroatoms. The molecule has 0 spiro atoms. The SMILES string of the molecule is CCNc1nc(C(=O)N2CCC(CC(=O)OC)CC2)cs1. The van der Waals surface area contributed by atoms with E-state index in [-0.39, 0.29) is 11.9 Å². The average molecular weight is 311 g/mol. The topological polar surface area (TPSA) is 71.5 Å². The third-order valence-electron chi connectivity index (χ3n) is 3.64. The predicted molar refractivity (Wildman–Crippen MR) is 81.5 cm³/mol. The smallest absolute Gasteiger partial charge is 0.305 e. The minimum Gasteiger partial charge on any atom is -0.469 e. The van der Waals surface area contributed by atoms with Crippen molar-refractivity contribution in [3.63, 3.8) is 0 Å². The van der Waals surface area contributed by atoms with Gasteiger partial charge in [-0.1, -0.05) is 0 Å². The fourth-order valence-corrected chi connectivity index (χ4v) is 3.18. The van der Waals surface area contributed by atoms with Crippen LogP contribution in [0.4, 0.5) is 5.13 Å². The van der Waals surface area contributed by atoms with Crippen molar-refractivity contribution < 1.29 is 14.3 Å². The van der Waals surface area contributed by atoms with Crippen molar-refractivity contribution in [3.05, 3.63) is 11.1 Å².